The van der Waals surface area contributed by atoms with Crippen molar-refractivity contribution in [1.82, 2.24) is 0 Å². The zero-order valence-electron chi connectivity index (χ0n) is 20.9. The van der Waals surface area contributed by atoms with Gasteiger partial charge in [0.15, 0.2) is 0 Å². The van der Waals surface area contributed by atoms with Crippen LogP contribution in [0.5, 0.6) is 0 Å². The quantitative estimate of drug-likeness (QED) is 0.105. The molecule has 4 rings (SSSR count). The summed E-state index contributed by atoms with van der Waals surface area (Å²) in [5.41, 5.74) is 0. The van der Waals surface area contributed by atoms with E-state index in [1.807, 2.05) is 0 Å². The number of thiol groups is 4. The van der Waals surface area contributed by atoms with Crippen molar-refractivity contribution in [2.45, 2.75) is 128 Å². The molecule has 0 bridgehead atoms. The molecule has 0 radical (unpaired) electrons. The van der Waals surface area contributed by atoms with Crippen LogP contribution in [-0.4, -0.2) is 87.7 Å². The molecule has 0 amide bonds. The van der Waals surface area contributed by atoms with Crippen LogP contribution in [-0.2, 0) is 16.7 Å². The van der Waals surface area contributed by atoms with Crippen LogP contribution in [0.2, 0.25) is 37.3 Å². The molecule has 4 nitrogen and oxygen atoms in total. The topological polar surface area (TPSA) is 36.9 Å². The normalized spacial score (nSPS) is 41.8. The van der Waals surface area contributed by atoms with E-state index in [9.17, 15) is 0 Å². The maximum atomic E-state index is 5.53. The zero-order valence-corrected chi connectivity index (χ0v) is 33.1. The molecule has 0 N–H and O–H groups in total. The van der Waals surface area contributed by atoms with Gasteiger partial charge in [-0.1, -0.05) is 0 Å². The van der Waals surface area contributed by atoms with Crippen LogP contribution < -0.4 is 0 Å². The molecule has 4 heterocycles. The molecule has 0 aromatic heterocycles. The Morgan fingerprint density at radius 1 is 0.686 bits per heavy atom. The van der Waals surface area contributed by atoms with Crippen LogP contribution in [0.15, 0.2) is 0 Å². The van der Waals surface area contributed by atoms with Gasteiger partial charge in [0.05, 0.1) is 0 Å². The summed E-state index contributed by atoms with van der Waals surface area (Å²) >= 11 is 19.8. The molecular formula is C22H42O4S4Se5. The fraction of sp³-hybridized carbons (Fsp3) is 1.00. The van der Waals surface area contributed by atoms with Gasteiger partial charge in [0.1, 0.15) is 0 Å². The molecule has 0 aromatic rings. The van der Waals surface area contributed by atoms with Crippen molar-refractivity contribution in [2.24, 2.45) is 0 Å². The van der Waals surface area contributed by atoms with E-state index in [1.54, 1.807) is 14.9 Å². The first-order chi connectivity index (χ1) is 16.5. The summed E-state index contributed by atoms with van der Waals surface area (Å²) < 4.78 is 24.3. The Morgan fingerprint density at radius 3 is 1.60 bits per heavy atom. The molecule has 0 aromatic carbocycles. The second kappa shape index (κ2) is 11.8. The molecule has 4 aliphatic heterocycles. The van der Waals surface area contributed by atoms with Crippen LogP contribution in [0.25, 0.3) is 0 Å². The van der Waals surface area contributed by atoms with Crippen LogP contribution in [0.4, 0.5) is 0 Å². The van der Waals surface area contributed by atoms with E-state index < -0.39 is 7.08 Å². The average molecular weight is 894 g/mol. The Balaban J connectivity index is 1.67. The Kier molecular flexibility index (Phi) is 10.8. The first kappa shape index (κ1) is 31.8. The van der Waals surface area contributed by atoms with Gasteiger partial charge in [-0.05, 0) is 0 Å². The van der Waals surface area contributed by atoms with Crippen molar-refractivity contribution in [1.29, 1.82) is 0 Å². The molecule has 208 valence electrons. The molecular weight excluding hydrogens is 851 g/mol. The third-order valence-electron chi connectivity index (χ3n) is 8.41. The van der Waals surface area contributed by atoms with Crippen LogP contribution in [0.1, 0.15) is 66.2 Å². The Hall–Kier alpha value is 3.84. The first-order valence-electron chi connectivity index (χ1n) is 12.4. The summed E-state index contributed by atoms with van der Waals surface area (Å²) in [6, 6.07) is 0. The van der Waals surface area contributed by atoms with Gasteiger partial charge in [0.25, 0.3) is 0 Å². The number of hydrogen-bond acceptors (Lipinski definition) is 8. The van der Waals surface area contributed by atoms with E-state index in [1.165, 1.54) is 38.5 Å². The zero-order chi connectivity index (χ0) is 25.5. The van der Waals surface area contributed by atoms with Crippen molar-refractivity contribution < 1.29 is 16.7 Å². The predicted molar refractivity (Wildman–Crippen MR) is 167 cm³/mol. The van der Waals surface area contributed by atoms with E-state index in [0.29, 0.717) is 0 Å². The minimum absolute atomic E-state index is 0.256. The van der Waals surface area contributed by atoms with Crippen molar-refractivity contribution in [2.75, 3.05) is 0 Å². The van der Waals surface area contributed by atoms with E-state index in [0.717, 1.165) is 78.7 Å². The van der Waals surface area contributed by atoms with Gasteiger partial charge < -0.3 is 0 Å². The summed E-state index contributed by atoms with van der Waals surface area (Å²) in [6.45, 7) is 8.85. The summed E-state index contributed by atoms with van der Waals surface area (Å²) in [5.74, 6) is 0. The Morgan fingerprint density at radius 2 is 1.09 bits per heavy atom. The van der Waals surface area contributed by atoms with Gasteiger partial charge in [0.2, 0.25) is 0 Å². The van der Waals surface area contributed by atoms with Gasteiger partial charge in [-0.25, -0.2) is 0 Å². The van der Waals surface area contributed by atoms with Crippen molar-refractivity contribution in [3.05, 3.63) is 0 Å². The van der Waals surface area contributed by atoms with Gasteiger partial charge in [0, 0.05) is 0 Å². The number of rotatable bonds is 12. The van der Waals surface area contributed by atoms with Gasteiger partial charge >= 0.3 is 260 Å². The first-order valence-corrected chi connectivity index (χ1v) is 33.1. The maximum absolute atomic E-state index is 5.53. The molecule has 4 saturated heterocycles. The summed E-state index contributed by atoms with van der Waals surface area (Å²) in [6.07, 6.45) is 8.88. The average Bonchev–Trinajstić information content (AvgIpc) is 3.26. The molecule has 0 saturated carbocycles. The standard InChI is InChI=1S/C22H42O4S4Se5/c1-14(23-27)5-18-9-22(32-18)10-19(6-15(2)24-28)33-35(22,12-21(34-35)8-17(4)26-30)11-20(31-13-35)7-16(3)25-29/h14-21,27-30H,5-13H2,1-4H3. The summed E-state index contributed by atoms with van der Waals surface area (Å²) in [5, 5.41) is 3.24. The SMILES string of the molecule is CC(CC1C[Se]23(C[Se]1)(CC(CC(C)OS)[Se]2)[Se]C(CC(C)OS)CC31CC(CC(C)OS)[Se]1)OS. The minimum atomic E-state index is -2.89. The fourth-order valence-electron chi connectivity index (χ4n) is 7.04. The van der Waals surface area contributed by atoms with E-state index in [4.69, 9.17) is 16.7 Å². The third-order valence-corrected chi connectivity index (χ3v) is 106. The molecule has 2 spiro atoms. The van der Waals surface area contributed by atoms with Gasteiger partial charge in [-0.3, -0.25) is 0 Å². The van der Waals surface area contributed by atoms with Crippen molar-refractivity contribution >= 4 is 115 Å². The van der Waals surface area contributed by atoms with Crippen molar-refractivity contribution in [3.8, 4) is 0 Å². The van der Waals surface area contributed by atoms with Gasteiger partial charge in [-0.15, -0.1) is 0 Å². The van der Waals surface area contributed by atoms with Crippen LogP contribution in [0, 0.1) is 0 Å². The Labute approximate surface area is 256 Å². The molecule has 13 heteroatoms. The van der Waals surface area contributed by atoms with Crippen LogP contribution >= 0.6 is 51.6 Å². The second-order valence-corrected chi connectivity index (χ2v) is 69.6. The molecule has 4 fully saturated rings. The molecule has 0 aliphatic carbocycles. The third kappa shape index (κ3) is 5.52. The monoisotopic (exact) mass is 898 g/mol. The fourth-order valence-corrected chi connectivity index (χ4v) is 143. The molecule has 9 atom stereocenters. The van der Waals surface area contributed by atoms with Crippen LogP contribution in [0.3, 0.4) is 0 Å². The van der Waals surface area contributed by atoms with E-state index in [2.05, 4.69) is 79.3 Å². The van der Waals surface area contributed by atoms with E-state index >= 15 is 0 Å². The summed E-state index contributed by atoms with van der Waals surface area (Å²) in [7, 11) is -2.89. The molecule has 9 unspecified atom stereocenters. The van der Waals surface area contributed by atoms with Gasteiger partial charge in [-0.2, -0.15) is 0 Å². The predicted octanol–water partition coefficient (Wildman–Crippen LogP) is 6.36. The Bertz CT molecular complexity index is 764. The molecule has 4 aliphatic rings. The number of hydrogen-bond donors (Lipinski definition) is 4. The molecule has 35 heavy (non-hydrogen) atoms. The van der Waals surface area contributed by atoms with E-state index in [-0.39, 0.29) is 24.4 Å². The summed E-state index contributed by atoms with van der Waals surface area (Å²) in [4.78, 5) is 3.56. The van der Waals surface area contributed by atoms with Crippen molar-refractivity contribution in [3.63, 3.8) is 0 Å². The second-order valence-electron chi connectivity index (χ2n) is 11.3.